The molecule has 0 saturated carbocycles. The summed E-state index contributed by atoms with van der Waals surface area (Å²) in [5.41, 5.74) is -1.50. The number of hydrogen-bond acceptors (Lipinski definition) is 10. The van der Waals surface area contributed by atoms with Crippen molar-refractivity contribution < 1.29 is 56.3 Å². The van der Waals surface area contributed by atoms with E-state index in [2.05, 4.69) is 13.1 Å². The molecule has 1 aliphatic rings. The molecule has 22 heteroatoms. The number of aromatic nitrogens is 2. The van der Waals surface area contributed by atoms with E-state index < -0.39 is 59.8 Å². The Balaban J connectivity index is 0. The molecule has 0 spiro atoms. The van der Waals surface area contributed by atoms with E-state index in [0.29, 0.717) is 0 Å². The predicted octanol–water partition coefficient (Wildman–Crippen LogP) is -2.61. The maximum absolute atomic E-state index is 11.7. The molecule has 1 aromatic heterocycles. The summed E-state index contributed by atoms with van der Waals surface area (Å²) < 4.78 is 51.0. The zero-order valence-electron chi connectivity index (χ0n) is 16.5. The van der Waals surface area contributed by atoms with Crippen LogP contribution in [0.4, 0.5) is 0 Å². The number of phosphoric acid groups is 3. The van der Waals surface area contributed by atoms with Gasteiger partial charge in [0.05, 0.1) is 12.7 Å². The van der Waals surface area contributed by atoms with Crippen molar-refractivity contribution in [2.75, 3.05) is 6.61 Å². The third kappa shape index (κ3) is 12.0. The number of aromatic amines is 1. The molecular weight excluding hydrogens is 522 g/mol. The van der Waals surface area contributed by atoms with Crippen molar-refractivity contribution >= 4 is 112 Å². The van der Waals surface area contributed by atoms with Crippen LogP contribution in [0, 0.1) is 0 Å². The number of nitrogens with one attached hydrogen (secondary N) is 1. The number of hydrogen-bond donors (Lipinski definition) is 6. The molecule has 3 radical (unpaired) electrons. The Bertz CT molecular complexity index is 980. The van der Waals surface area contributed by atoms with Crippen molar-refractivity contribution in [1.82, 2.24) is 9.55 Å². The zero-order valence-corrected chi connectivity index (χ0v) is 25.2. The summed E-state index contributed by atoms with van der Waals surface area (Å²) in [5, 5.41) is 9.91. The molecule has 0 amide bonds. The van der Waals surface area contributed by atoms with Crippen LogP contribution in [0.1, 0.15) is 12.6 Å². The van der Waals surface area contributed by atoms with E-state index in [4.69, 9.17) is 19.4 Å². The minimum Gasteiger partial charge on any atom is -0.390 e. The first-order chi connectivity index (χ1) is 12.7. The number of nitrogens with zero attached hydrogens (tertiary/aromatic N) is 1. The van der Waals surface area contributed by atoms with Gasteiger partial charge >= 0.3 is 29.2 Å². The van der Waals surface area contributed by atoms with E-state index in [0.717, 1.165) is 16.8 Å². The molecule has 0 bridgehead atoms. The third-order valence-corrected chi connectivity index (χ3v) is 6.99. The van der Waals surface area contributed by atoms with E-state index in [1.807, 2.05) is 4.98 Å². The van der Waals surface area contributed by atoms with Crippen molar-refractivity contribution in [3.05, 3.63) is 33.1 Å². The summed E-state index contributed by atoms with van der Waals surface area (Å²) in [6.45, 7) is -0.876. The predicted molar refractivity (Wildman–Crippen MR) is 103 cm³/mol. The first kappa shape index (κ1) is 35.2. The Labute approximate surface area is 240 Å². The van der Waals surface area contributed by atoms with Gasteiger partial charge in [-0.05, 0) is 0 Å². The molecule has 5 unspecified atom stereocenters. The Morgan fingerprint density at radius 3 is 2.16 bits per heavy atom. The maximum Gasteiger partial charge on any atom is 0.490 e. The molecule has 1 aromatic rings. The van der Waals surface area contributed by atoms with Gasteiger partial charge in [0, 0.05) is 107 Å². The molecule has 0 aliphatic carbocycles. The number of aliphatic hydroxyl groups is 1. The molecule has 0 aromatic carbocycles. The van der Waals surface area contributed by atoms with Crippen molar-refractivity contribution in [1.29, 1.82) is 0 Å². The van der Waals surface area contributed by atoms with Gasteiger partial charge in [-0.2, -0.15) is 8.62 Å². The largest absolute Gasteiger partial charge is 0.490 e. The van der Waals surface area contributed by atoms with Crippen LogP contribution in [0.25, 0.3) is 0 Å². The van der Waals surface area contributed by atoms with Crippen LogP contribution in [0.15, 0.2) is 21.9 Å². The summed E-state index contributed by atoms with van der Waals surface area (Å²) >= 11 is 0. The van der Waals surface area contributed by atoms with Crippen LogP contribution in [0.3, 0.4) is 0 Å². The van der Waals surface area contributed by atoms with Crippen LogP contribution in [0.2, 0.25) is 0 Å². The number of ether oxygens (including phenoxy) is 1. The van der Waals surface area contributed by atoms with Gasteiger partial charge in [-0.3, -0.25) is 18.9 Å². The summed E-state index contributed by atoms with van der Waals surface area (Å²) in [4.78, 5) is 60.0. The third-order valence-electron chi connectivity index (χ3n) is 3.18. The van der Waals surface area contributed by atoms with E-state index in [9.17, 15) is 33.3 Å². The van der Waals surface area contributed by atoms with Crippen LogP contribution < -0.4 is 11.2 Å². The molecule has 1 saturated heterocycles. The summed E-state index contributed by atoms with van der Waals surface area (Å²) in [6, 6.07) is 1.02. The van der Waals surface area contributed by atoms with Crippen molar-refractivity contribution in [3.8, 4) is 0 Å². The fourth-order valence-electron chi connectivity index (χ4n) is 2.16. The van der Waals surface area contributed by atoms with E-state index in [-0.39, 0.29) is 95.1 Å². The Morgan fingerprint density at radius 1 is 1.06 bits per heavy atom. The average Bonchev–Trinajstić information content (AvgIpc) is 2.82. The van der Waals surface area contributed by atoms with Crippen LogP contribution in [-0.2, 0) is 31.6 Å². The maximum atomic E-state index is 11.7. The van der Waals surface area contributed by atoms with Gasteiger partial charge in [0.15, 0.2) is 0 Å². The molecule has 163 valence electrons. The average molecular weight is 537 g/mol. The van der Waals surface area contributed by atoms with Gasteiger partial charge in [0.1, 0.15) is 12.3 Å². The van der Waals surface area contributed by atoms with Crippen LogP contribution in [0.5, 0.6) is 0 Å². The number of rotatable bonds is 8. The summed E-state index contributed by atoms with van der Waals surface area (Å²) in [7, 11) is -16.6. The van der Waals surface area contributed by atoms with Crippen molar-refractivity contribution in [3.63, 3.8) is 0 Å². The second-order valence-corrected chi connectivity index (χ2v) is 9.76. The molecule has 2 rings (SSSR count). The standard InChI is InChI=1S/C9H15N2O14P3.3Na/c12-5-3-8(11-2-1-7(13)10-9(11)14)23-6(5)4-22-27(18,19)25-28(20,21)24-26(15,16)17;;;/h1-2,5-6,8,12H,3-4H2,(H,18,19)(H,20,21)(H,10,13,14)(H2,15,16,17);;;. The zero-order chi connectivity index (χ0) is 21.3. The monoisotopic (exact) mass is 537 g/mol. The van der Waals surface area contributed by atoms with E-state index >= 15 is 0 Å². The minimum atomic E-state index is -5.67. The van der Waals surface area contributed by atoms with Crippen molar-refractivity contribution in [2.45, 2.75) is 24.9 Å². The molecule has 1 fully saturated rings. The van der Waals surface area contributed by atoms with Gasteiger partial charge in [0.25, 0.3) is 5.56 Å². The molecule has 1 aliphatic heterocycles. The molecule has 2 heterocycles. The first-order valence-corrected chi connectivity index (χ1v) is 11.6. The van der Waals surface area contributed by atoms with Gasteiger partial charge in [-0.25, -0.2) is 18.5 Å². The van der Waals surface area contributed by atoms with Crippen LogP contribution in [-0.4, -0.2) is 142 Å². The molecular formula is C9H15N2Na3O14P3. The Morgan fingerprint density at radius 2 is 1.65 bits per heavy atom. The van der Waals surface area contributed by atoms with Gasteiger partial charge in [0.2, 0.25) is 0 Å². The normalized spacial score (nSPS) is 24.6. The van der Waals surface area contributed by atoms with Gasteiger partial charge < -0.3 is 29.4 Å². The Hall–Kier alpha value is 2.01. The second-order valence-electron chi connectivity index (χ2n) is 5.34. The quantitative estimate of drug-likeness (QED) is 0.147. The SMILES string of the molecule is O=c1ccn(C2CC(O)C(COP(=O)(O)OP(=O)(O)OP(=O)(O)O)O2)c(=O)[nH]1.[Na].[Na].[Na]. The number of H-pyrrole nitrogens is 1. The topological polar surface area (TPSA) is 244 Å². The molecule has 6 N–H and O–H groups in total. The van der Waals surface area contributed by atoms with Crippen molar-refractivity contribution in [2.24, 2.45) is 0 Å². The fraction of sp³-hybridized carbons (Fsp3) is 0.556. The molecule has 5 atom stereocenters. The van der Waals surface area contributed by atoms with Gasteiger partial charge in [-0.1, -0.05) is 0 Å². The second kappa shape index (κ2) is 13.9. The minimum absolute atomic E-state index is 0. The number of phosphoric ester groups is 1. The smallest absolute Gasteiger partial charge is 0.390 e. The number of aliphatic hydroxyl groups excluding tert-OH is 1. The van der Waals surface area contributed by atoms with Crippen LogP contribution >= 0.6 is 23.5 Å². The van der Waals surface area contributed by atoms with Gasteiger partial charge in [-0.15, -0.1) is 0 Å². The van der Waals surface area contributed by atoms with E-state index in [1.54, 1.807) is 0 Å². The molecule has 16 nitrogen and oxygen atoms in total. The Kier molecular flexibility index (Phi) is 15.8. The fourth-order valence-corrected chi connectivity index (χ4v) is 5.19. The molecule has 31 heavy (non-hydrogen) atoms. The summed E-state index contributed by atoms with van der Waals surface area (Å²) in [5.74, 6) is 0. The first-order valence-electron chi connectivity index (χ1n) is 7.11. The van der Waals surface area contributed by atoms with E-state index in [1.165, 1.54) is 0 Å². The summed E-state index contributed by atoms with van der Waals surface area (Å²) in [6.07, 6.45) is -2.74.